The molecule has 220 valence electrons. The fraction of sp³-hybridized carbons (Fsp3) is 0. The van der Waals surface area contributed by atoms with Gasteiger partial charge in [0, 0.05) is 42.1 Å². The third kappa shape index (κ3) is 4.15. The first-order valence-corrected chi connectivity index (χ1v) is 18.6. The highest BCUT2D eigenvalue weighted by Gasteiger charge is 2.42. The van der Waals surface area contributed by atoms with Gasteiger partial charge in [0.1, 0.15) is 0 Å². The molecule has 2 aromatic heterocycles. The molecule has 7 aromatic carbocycles. The Morgan fingerprint density at radius 1 is 0.489 bits per heavy atom. The van der Waals surface area contributed by atoms with E-state index in [-0.39, 0.29) is 0 Å². The van der Waals surface area contributed by atoms with E-state index in [1.54, 1.807) is 0 Å². The Balaban J connectivity index is 1.36. The van der Waals surface area contributed by atoms with Crippen LogP contribution in [0.4, 0.5) is 5.69 Å². The number of aromatic nitrogens is 1. The Labute approximate surface area is 278 Å². The molecule has 0 atom stereocenters. The summed E-state index contributed by atoms with van der Waals surface area (Å²) in [5.74, 6) is 0. The van der Waals surface area contributed by atoms with E-state index < -0.39 is 8.07 Å². The topological polar surface area (TPSA) is 9.29 Å². The lowest BCUT2D eigenvalue weighted by Crippen LogP contribution is -2.74. The zero-order valence-electron chi connectivity index (χ0n) is 25.5. The molecule has 9 aromatic rings. The number of para-hydroxylation sites is 1. The van der Waals surface area contributed by atoms with Crippen molar-refractivity contribution in [3.63, 3.8) is 0 Å². The van der Waals surface area contributed by atoms with Gasteiger partial charge in [-0.3, -0.25) is 0 Å². The number of hydrogen-bond donors (Lipinski definition) is 0. The maximum atomic E-state index is 7.68. The van der Waals surface area contributed by atoms with Crippen LogP contribution in [0.15, 0.2) is 170 Å². The van der Waals surface area contributed by atoms with E-state index in [1.807, 2.05) is 23.5 Å². The minimum Gasteiger partial charge on any atom is -0.310 e. The van der Waals surface area contributed by atoms with Gasteiger partial charge in [0.05, 0.1) is 12.1 Å². The van der Waals surface area contributed by atoms with Gasteiger partial charge in [0.2, 0.25) is 0 Å². The van der Waals surface area contributed by atoms with E-state index in [0.717, 1.165) is 22.1 Å². The smallest absolute Gasteiger partial charge is 0.189 e. The van der Waals surface area contributed by atoms with Crippen LogP contribution in [0.5, 0.6) is 0 Å². The number of fused-ring (bicyclic) bond motifs is 6. The van der Waals surface area contributed by atoms with Crippen LogP contribution >= 0.6 is 11.3 Å². The quantitative estimate of drug-likeness (QED) is 0.102. The monoisotopic (exact) mass is 632 g/mol. The molecular formula is C43H28N2SSi. The fourth-order valence-electron chi connectivity index (χ4n) is 7.56. The van der Waals surface area contributed by atoms with Gasteiger partial charge in [0.25, 0.3) is 0 Å². The summed E-state index contributed by atoms with van der Waals surface area (Å²) in [4.78, 5) is 3.76. The summed E-state index contributed by atoms with van der Waals surface area (Å²) in [6.07, 6.45) is 0. The Bertz CT molecular complexity index is 2530. The number of thiophene rings is 1. The summed E-state index contributed by atoms with van der Waals surface area (Å²) in [5.41, 5.74) is 3.96. The first kappa shape index (κ1) is 27.6. The summed E-state index contributed by atoms with van der Waals surface area (Å²) < 4.78 is 4.94. The van der Waals surface area contributed by atoms with Crippen molar-refractivity contribution in [3.8, 4) is 5.69 Å². The molecule has 0 saturated carbocycles. The maximum Gasteiger partial charge on any atom is 0.189 e. The molecule has 0 amide bonds. The number of hydrogen-bond acceptors (Lipinski definition) is 1. The SMILES string of the molecule is [C-]#[N+]c1ccc2c3ccccc3n(-c3ccc4sc5c([Si](c6ccccc6)(c6ccccc6)c6ccccc6)cccc5c4c3)c2c1. The van der Waals surface area contributed by atoms with Crippen LogP contribution in [-0.2, 0) is 0 Å². The molecule has 2 nitrogen and oxygen atoms in total. The van der Waals surface area contributed by atoms with Gasteiger partial charge >= 0.3 is 0 Å². The van der Waals surface area contributed by atoms with E-state index in [0.29, 0.717) is 5.69 Å². The summed E-state index contributed by atoms with van der Waals surface area (Å²) in [5, 5.41) is 10.5. The largest absolute Gasteiger partial charge is 0.310 e. The van der Waals surface area contributed by atoms with Crippen molar-refractivity contribution in [2.75, 3.05) is 0 Å². The molecule has 0 N–H and O–H groups in total. The molecule has 0 fully saturated rings. The van der Waals surface area contributed by atoms with Crippen molar-refractivity contribution in [2.24, 2.45) is 0 Å². The summed E-state index contributed by atoms with van der Waals surface area (Å²) >= 11 is 1.90. The molecule has 0 radical (unpaired) electrons. The zero-order valence-corrected chi connectivity index (χ0v) is 27.3. The van der Waals surface area contributed by atoms with Crippen LogP contribution in [-0.4, -0.2) is 12.6 Å². The molecular weight excluding hydrogens is 605 g/mol. The van der Waals surface area contributed by atoms with Crippen LogP contribution in [0.25, 0.3) is 52.5 Å². The molecule has 0 bridgehead atoms. The first-order valence-electron chi connectivity index (χ1n) is 15.8. The second kappa shape index (κ2) is 11.0. The van der Waals surface area contributed by atoms with Gasteiger partial charge in [-0.15, -0.1) is 11.3 Å². The minimum atomic E-state index is -2.70. The molecule has 47 heavy (non-hydrogen) atoms. The standard InChI is InChI=1S/C43H28N2SSi/c1-44-30-24-26-36-35-20-11-12-22-39(35)45(40(36)28-30)31-25-27-41-38(29-31)37-21-13-23-42(43(37)46-41)47(32-14-5-2-6-15-32,33-16-7-3-8-17-33)34-18-9-4-10-19-34/h2-29H. The zero-order chi connectivity index (χ0) is 31.4. The van der Waals surface area contributed by atoms with E-state index in [9.17, 15) is 0 Å². The number of nitrogens with zero attached hydrogens (tertiary/aromatic N) is 2. The predicted molar refractivity (Wildman–Crippen MR) is 204 cm³/mol. The third-order valence-corrected chi connectivity index (χ3v) is 15.8. The number of benzene rings is 7. The van der Waals surface area contributed by atoms with Crippen LogP contribution in [0, 0.1) is 6.57 Å². The molecule has 0 saturated heterocycles. The number of rotatable bonds is 5. The predicted octanol–water partition coefficient (Wildman–Crippen LogP) is 9.08. The highest BCUT2D eigenvalue weighted by Crippen LogP contribution is 2.38. The van der Waals surface area contributed by atoms with Crippen LogP contribution in [0.1, 0.15) is 0 Å². The molecule has 0 aliphatic rings. The van der Waals surface area contributed by atoms with Gasteiger partial charge in [0.15, 0.2) is 13.8 Å². The molecule has 0 unspecified atom stereocenters. The van der Waals surface area contributed by atoms with Gasteiger partial charge in [-0.1, -0.05) is 140 Å². The van der Waals surface area contributed by atoms with E-state index in [2.05, 4.69) is 167 Å². The Kier molecular flexibility index (Phi) is 6.43. The van der Waals surface area contributed by atoms with Crippen molar-refractivity contribution in [2.45, 2.75) is 0 Å². The molecule has 0 aliphatic carbocycles. The maximum absolute atomic E-state index is 7.68. The van der Waals surface area contributed by atoms with Crippen molar-refractivity contribution in [1.29, 1.82) is 0 Å². The Morgan fingerprint density at radius 2 is 1.09 bits per heavy atom. The summed E-state index contributed by atoms with van der Waals surface area (Å²) in [6.45, 7) is 7.68. The van der Waals surface area contributed by atoms with E-state index in [4.69, 9.17) is 6.57 Å². The lowest BCUT2D eigenvalue weighted by molar-refractivity contribution is 1.19. The fourth-order valence-corrected chi connectivity index (χ4v) is 14.1. The van der Waals surface area contributed by atoms with Crippen molar-refractivity contribution >= 4 is 87.8 Å². The molecule has 0 aliphatic heterocycles. The molecule has 9 rings (SSSR count). The lowest BCUT2D eigenvalue weighted by atomic mass is 10.1. The van der Waals surface area contributed by atoms with Gasteiger partial charge in [-0.25, -0.2) is 4.85 Å². The summed E-state index contributed by atoms with van der Waals surface area (Å²) in [7, 11) is -2.70. The van der Waals surface area contributed by atoms with E-state index >= 15 is 0 Å². The molecule has 0 spiro atoms. The average molecular weight is 633 g/mol. The first-order chi connectivity index (χ1) is 23.3. The molecule has 4 heteroatoms. The van der Waals surface area contributed by atoms with Crippen LogP contribution in [0.2, 0.25) is 0 Å². The second-order valence-electron chi connectivity index (χ2n) is 12.0. The molecule has 2 heterocycles. The Morgan fingerprint density at radius 3 is 1.74 bits per heavy atom. The normalized spacial score (nSPS) is 11.8. The second-order valence-corrected chi connectivity index (χ2v) is 16.8. The minimum absolute atomic E-state index is 0.650. The Hall–Kier alpha value is -5.73. The van der Waals surface area contributed by atoms with Gasteiger partial charge in [-0.05, 0) is 51.1 Å². The van der Waals surface area contributed by atoms with Gasteiger partial charge < -0.3 is 4.57 Å². The highest BCUT2D eigenvalue weighted by molar-refractivity contribution is 7.30. The van der Waals surface area contributed by atoms with Crippen LogP contribution in [0.3, 0.4) is 0 Å². The van der Waals surface area contributed by atoms with Crippen LogP contribution < -0.4 is 20.7 Å². The van der Waals surface area contributed by atoms with Gasteiger partial charge in [-0.2, -0.15) is 0 Å². The van der Waals surface area contributed by atoms with Crippen molar-refractivity contribution in [1.82, 2.24) is 4.57 Å². The highest BCUT2D eigenvalue weighted by atomic mass is 32.1. The third-order valence-electron chi connectivity index (χ3n) is 9.55. The van der Waals surface area contributed by atoms with Crippen molar-refractivity contribution < 1.29 is 0 Å². The summed E-state index contributed by atoms with van der Waals surface area (Å²) in [6, 6.07) is 61.9. The lowest BCUT2D eigenvalue weighted by Gasteiger charge is -2.34. The average Bonchev–Trinajstić information content (AvgIpc) is 3.68. The van der Waals surface area contributed by atoms with E-state index in [1.165, 1.54) is 46.3 Å². The van der Waals surface area contributed by atoms with Crippen molar-refractivity contribution in [3.05, 3.63) is 181 Å².